The first-order valence-corrected chi connectivity index (χ1v) is 9.78. The third-order valence-corrected chi connectivity index (χ3v) is 4.53. The number of nitrogens with one attached hydrogen (secondary N) is 1. The van der Waals surface area contributed by atoms with Gasteiger partial charge in [-0.15, -0.1) is 0 Å². The number of hydrogen-bond donors (Lipinski definition) is 1. The van der Waals surface area contributed by atoms with Crippen molar-refractivity contribution >= 4 is 29.2 Å². The van der Waals surface area contributed by atoms with Crippen LogP contribution in [0.4, 0.5) is 16.2 Å². The summed E-state index contributed by atoms with van der Waals surface area (Å²) in [5, 5.41) is 13.6. The molecule has 2 aromatic rings. The van der Waals surface area contributed by atoms with Crippen LogP contribution in [-0.2, 0) is 16.9 Å². The zero-order chi connectivity index (χ0) is 19.9. The monoisotopic (exact) mass is 388 g/mol. The first-order valence-electron chi connectivity index (χ1n) is 8.63. The van der Waals surface area contributed by atoms with Crippen LogP contribution in [0, 0.1) is 10.1 Å². The van der Waals surface area contributed by atoms with Crippen LogP contribution in [0.2, 0.25) is 0 Å². The van der Waals surface area contributed by atoms with E-state index in [0.717, 1.165) is 29.1 Å². The number of anilines is 1. The zero-order valence-electron chi connectivity index (χ0n) is 15.7. The van der Waals surface area contributed by atoms with Crippen molar-refractivity contribution in [3.8, 4) is 0 Å². The van der Waals surface area contributed by atoms with E-state index in [1.807, 2.05) is 51.1 Å². The number of rotatable bonds is 7. The molecule has 1 amide bonds. The van der Waals surface area contributed by atoms with Crippen molar-refractivity contribution in [2.45, 2.75) is 38.5 Å². The molecule has 27 heavy (non-hydrogen) atoms. The van der Waals surface area contributed by atoms with Gasteiger partial charge in [0, 0.05) is 23.6 Å². The topological polar surface area (TPSA) is 81.5 Å². The molecule has 6 nitrogen and oxygen atoms in total. The Morgan fingerprint density at radius 1 is 1.15 bits per heavy atom. The Morgan fingerprint density at radius 2 is 1.85 bits per heavy atom. The molecule has 0 aromatic heterocycles. The maximum atomic E-state index is 11.8. The molecule has 2 aromatic carbocycles. The van der Waals surface area contributed by atoms with Crippen LogP contribution in [0.15, 0.2) is 48.5 Å². The van der Waals surface area contributed by atoms with Crippen molar-refractivity contribution in [2.24, 2.45) is 0 Å². The van der Waals surface area contributed by atoms with Gasteiger partial charge in [-0.25, -0.2) is 4.79 Å². The van der Waals surface area contributed by atoms with Gasteiger partial charge in [-0.05, 0) is 56.2 Å². The van der Waals surface area contributed by atoms with Crippen molar-refractivity contribution in [2.75, 3.05) is 11.1 Å². The van der Waals surface area contributed by atoms with E-state index in [0.29, 0.717) is 5.69 Å². The van der Waals surface area contributed by atoms with E-state index in [1.165, 1.54) is 6.07 Å². The van der Waals surface area contributed by atoms with E-state index in [4.69, 9.17) is 4.74 Å². The molecule has 0 radical (unpaired) electrons. The third kappa shape index (κ3) is 7.70. The van der Waals surface area contributed by atoms with Crippen molar-refractivity contribution in [3.63, 3.8) is 0 Å². The van der Waals surface area contributed by atoms with E-state index in [1.54, 1.807) is 23.9 Å². The lowest BCUT2D eigenvalue weighted by Gasteiger charge is -2.19. The van der Waals surface area contributed by atoms with E-state index < -0.39 is 11.7 Å². The molecule has 0 bridgehead atoms. The summed E-state index contributed by atoms with van der Waals surface area (Å²) < 4.78 is 5.25. The van der Waals surface area contributed by atoms with Gasteiger partial charge >= 0.3 is 6.09 Å². The van der Waals surface area contributed by atoms with Crippen LogP contribution in [0.5, 0.6) is 0 Å². The second-order valence-electron chi connectivity index (χ2n) is 7.06. The summed E-state index contributed by atoms with van der Waals surface area (Å²) in [6, 6.07) is 14.4. The van der Waals surface area contributed by atoms with Crippen molar-refractivity contribution in [1.82, 2.24) is 0 Å². The number of non-ortho nitro benzene ring substituents is 1. The van der Waals surface area contributed by atoms with Crippen molar-refractivity contribution in [1.29, 1.82) is 0 Å². The van der Waals surface area contributed by atoms with Gasteiger partial charge in [-0.3, -0.25) is 15.4 Å². The standard InChI is InChI=1S/C20H24N2O4S/c1-20(2,3)26-19(23)21-17-8-4-6-15(12-17)10-11-27-14-16-7-5-9-18(13-16)22(24)25/h4-9,12-13H,10-11,14H2,1-3H3,(H,21,23). The summed E-state index contributed by atoms with van der Waals surface area (Å²) in [6.45, 7) is 5.46. The number of thioether (sulfide) groups is 1. The quantitative estimate of drug-likeness (QED) is 0.389. The molecule has 2 rings (SSSR count). The van der Waals surface area contributed by atoms with Gasteiger partial charge in [0.25, 0.3) is 5.69 Å². The van der Waals surface area contributed by atoms with Gasteiger partial charge in [0.1, 0.15) is 5.60 Å². The first kappa shape index (κ1) is 20.8. The number of ether oxygens (including phenoxy) is 1. The molecule has 144 valence electrons. The van der Waals surface area contributed by atoms with E-state index in [9.17, 15) is 14.9 Å². The minimum atomic E-state index is -0.537. The maximum Gasteiger partial charge on any atom is 0.412 e. The predicted octanol–water partition coefficient (Wildman–Crippen LogP) is 5.42. The Kier molecular flexibility index (Phi) is 7.24. The van der Waals surface area contributed by atoms with Crippen LogP contribution < -0.4 is 5.32 Å². The fourth-order valence-electron chi connectivity index (χ4n) is 2.37. The lowest BCUT2D eigenvalue weighted by molar-refractivity contribution is -0.384. The maximum absolute atomic E-state index is 11.8. The number of aryl methyl sites for hydroxylation is 1. The number of nitro groups is 1. The van der Waals surface area contributed by atoms with Gasteiger partial charge in [-0.2, -0.15) is 11.8 Å². The summed E-state index contributed by atoms with van der Waals surface area (Å²) >= 11 is 1.71. The highest BCUT2D eigenvalue weighted by atomic mass is 32.2. The molecule has 7 heteroatoms. The first-order chi connectivity index (χ1) is 12.7. The summed E-state index contributed by atoms with van der Waals surface area (Å²) in [5.41, 5.74) is 2.33. The summed E-state index contributed by atoms with van der Waals surface area (Å²) in [4.78, 5) is 22.3. The Labute approximate surface area is 163 Å². The molecule has 1 N–H and O–H groups in total. The van der Waals surface area contributed by atoms with Crippen molar-refractivity contribution < 1.29 is 14.5 Å². The minimum absolute atomic E-state index is 0.119. The normalized spacial score (nSPS) is 11.1. The largest absolute Gasteiger partial charge is 0.444 e. The number of amides is 1. The summed E-state index contributed by atoms with van der Waals surface area (Å²) in [6.07, 6.45) is 0.364. The van der Waals surface area contributed by atoms with Crippen LogP contribution in [-0.4, -0.2) is 22.4 Å². The number of carbonyl (C=O) groups excluding carboxylic acids is 1. The Hall–Kier alpha value is -2.54. The lowest BCUT2D eigenvalue weighted by atomic mass is 10.1. The smallest absolute Gasteiger partial charge is 0.412 e. The van der Waals surface area contributed by atoms with Crippen LogP contribution in [0.25, 0.3) is 0 Å². The van der Waals surface area contributed by atoms with E-state index >= 15 is 0 Å². The number of nitrogens with zero attached hydrogens (tertiary/aromatic N) is 1. The molecule has 0 spiro atoms. The van der Waals surface area contributed by atoms with Crippen LogP contribution in [0.1, 0.15) is 31.9 Å². The fraction of sp³-hybridized carbons (Fsp3) is 0.350. The Bertz CT molecular complexity index is 803. The molecule has 0 aliphatic rings. The molecule has 0 unspecified atom stereocenters. The lowest BCUT2D eigenvalue weighted by Crippen LogP contribution is -2.27. The highest BCUT2D eigenvalue weighted by Gasteiger charge is 2.16. The second kappa shape index (κ2) is 9.41. The van der Waals surface area contributed by atoms with Gasteiger partial charge in [0.05, 0.1) is 4.92 Å². The average molecular weight is 388 g/mol. The molecule has 0 saturated heterocycles. The van der Waals surface area contributed by atoms with Gasteiger partial charge in [-0.1, -0.05) is 24.3 Å². The molecule has 0 fully saturated rings. The molecule has 0 aliphatic heterocycles. The highest BCUT2D eigenvalue weighted by Crippen LogP contribution is 2.20. The Morgan fingerprint density at radius 3 is 2.56 bits per heavy atom. The van der Waals surface area contributed by atoms with Gasteiger partial charge in [0.2, 0.25) is 0 Å². The molecular weight excluding hydrogens is 364 g/mol. The second-order valence-corrected chi connectivity index (χ2v) is 8.16. The van der Waals surface area contributed by atoms with Gasteiger partial charge in [0.15, 0.2) is 0 Å². The average Bonchev–Trinajstić information content (AvgIpc) is 2.57. The third-order valence-electron chi connectivity index (χ3n) is 3.50. The summed E-state index contributed by atoms with van der Waals surface area (Å²) in [5.74, 6) is 1.59. The minimum Gasteiger partial charge on any atom is -0.444 e. The van der Waals surface area contributed by atoms with Gasteiger partial charge < -0.3 is 4.74 Å². The Balaban J connectivity index is 1.82. The molecular formula is C20H24N2O4S. The van der Waals surface area contributed by atoms with E-state index in [-0.39, 0.29) is 10.6 Å². The number of hydrogen-bond acceptors (Lipinski definition) is 5. The number of carbonyl (C=O) groups is 1. The highest BCUT2D eigenvalue weighted by molar-refractivity contribution is 7.98. The molecule has 0 heterocycles. The van der Waals surface area contributed by atoms with Crippen LogP contribution >= 0.6 is 11.8 Å². The zero-order valence-corrected chi connectivity index (χ0v) is 16.5. The SMILES string of the molecule is CC(C)(C)OC(=O)Nc1cccc(CCSCc2cccc([N+](=O)[O-])c2)c1. The molecule has 0 aliphatic carbocycles. The predicted molar refractivity (Wildman–Crippen MR) is 109 cm³/mol. The number of benzene rings is 2. The molecule has 0 saturated carbocycles. The van der Waals surface area contributed by atoms with Crippen LogP contribution in [0.3, 0.4) is 0 Å². The van der Waals surface area contributed by atoms with Crippen molar-refractivity contribution in [3.05, 3.63) is 69.8 Å². The van der Waals surface area contributed by atoms with E-state index in [2.05, 4.69) is 5.32 Å². The number of nitro benzene ring substituents is 1. The molecule has 0 atom stereocenters. The fourth-order valence-corrected chi connectivity index (χ4v) is 3.31. The summed E-state index contributed by atoms with van der Waals surface area (Å²) in [7, 11) is 0.